The molecule has 0 bridgehead atoms. The molecular weight excluding hydrogens is 314 g/mol. The summed E-state index contributed by atoms with van der Waals surface area (Å²) in [5.41, 5.74) is 2.79. The molecule has 1 aliphatic heterocycles. The van der Waals surface area contributed by atoms with Crippen LogP contribution in [0.25, 0.3) is 0 Å². The molecule has 1 N–H and O–H groups in total. The minimum Gasteiger partial charge on any atom is -0.493 e. The minimum absolute atomic E-state index is 0.592. The van der Waals surface area contributed by atoms with E-state index in [2.05, 4.69) is 47.2 Å². The van der Waals surface area contributed by atoms with Crippen molar-refractivity contribution in [3.05, 3.63) is 27.7 Å². The number of benzene rings is 1. The summed E-state index contributed by atoms with van der Waals surface area (Å²) >= 11 is 3.64. The second kappa shape index (κ2) is 6.07. The van der Waals surface area contributed by atoms with Crippen LogP contribution in [0, 0.1) is 11.8 Å². The number of rotatable bonds is 5. The molecule has 3 heteroatoms. The molecule has 1 aromatic rings. The molecule has 1 aliphatic carbocycles. The fourth-order valence-corrected chi connectivity index (χ4v) is 3.90. The molecule has 1 aromatic carbocycles. The van der Waals surface area contributed by atoms with Crippen LogP contribution in [0.3, 0.4) is 0 Å². The summed E-state index contributed by atoms with van der Waals surface area (Å²) in [6.07, 6.45) is 4.98. The Morgan fingerprint density at radius 2 is 2.10 bits per heavy atom. The number of fused-ring (bicyclic) bond motifs is 1. The second-order valence-corrected chi connectivity index (χ2v) is 7.43. The molecule has 20 heavy (non-hydrogen) atoms. The molecule has 1 fully saturated rings. The first-order chi connectivity index (χ1) is 9.63. The van der Waals surface area contributed by atoms with E-state index < -0.39 is 0 Å². The Kier molecular flexibility index (Phi) is 4.37. The van der Waals surface area contributed by atoms with Crippen LogP contribution >= 0.6 is 15.9 Å². The molecular formula is C17H24BrNO. The second-order valence-electron chi connectivity index (χ2n) is 6.52. The molecule has 0 spiro atoms. The van der Waals surface area contributed by atoms with E-state index in [0.717, 1.165) is 24.9 Å². The highest BCUT2D eigenvalue weighted by Gasteiger charge is 2.32. The van der Waals surface area contributed by atoms with Crippen molar-refractivity contribution in [1.82, 2.24) is 5.32 Å². The molecule has 110 valence electrons. The maximum Gasteiger partial charge on any atom is 0.125 e. The molecule has 0 saturated heterocycles. The highest BCUT2D eigenvalue weighted by atomic mass is 79.9. The van der Waals surface area contributed by atoms with Gasteiger partial charge < -0.3 is 10.1 Å². The average molecular weight is 338 g/mol. The standard InChI is InChI=1S/C17H24BrNO/c1-11(2)19-10-14-4-3-12(14)7-15-9-16(18)8-13-5-6-20-17(13)15/h8-9,11-12,14,19H,3-7,10H2,1-2H3. The third-order valence-corrected chi connectivity index (χ3v) is 5.13. The average Bonchev–Trinajstić information content (AvgIpc) is 2.82. The molecule has 0 radical (unpaired) electrons. The van der Waals surface area contributed by atoms with Crippen LogP contribution in [0.15, 0.2) is 16.6 Å². The quantitative estimate of drug-likeness (QED) is 0.878. The normalized spacial score (nSPS) is 24.4. The van der Waals surface area contributed by atoms with Crippen molar-refractivity contribution < 1.29 is 4.74 Å². The van der Waals surface area contributed by atoms with E-state index in [-0.39, 0.29) is 0 Å². The first-order valence-corrected chi connectivity index (χ1v) is 8.60. The van der Waals surface area contributed by atoms with Crippen LogP contribution in [-0.2, 0) is 12.8 Å². The Morgan fingerprint density at radius 3 is 2.80 bits per heavy atom. The number of halogens is 1. The van der Waals surface area contributed by atoms with Gasteiger partial charge in [-0.15, -0.1) is 0 Å². The van der Waals surface area contributed by atoms with Crippen molar-refractivity contribution in [2.45, 2.75) is 45.6 Å². The van der Waals surface area contributed by atoms with E-state index >= 15 is 0 Å². The SMILES string of the molecule is CC(C)NCC1CCC1Cc1cc(Br)cc2c1OCC2. The van der Waals surface area contributed by atoms with Gasteiger partial charge in [0, 0.05) is 16.9 Å². The molecule has 3 rings (SSSR count). The monoisotopic (exact) mass is 337 g/mol. The van der Waals surface area contributed by atoms with Crippen LogP contribution in [-0.4, -0.2) is 19.2 Å². The largest absolute Gasteiger partial charge is 0.493 e. The van der Waals surface area contributed by atoms with Gasteiger partial charge in [-0.25, -0.2) is 0 Å². The van der Waals surface area contributed by atoms with Gasteiger partial charge in [-0.1, -0.05) is 29.8 Å². The lowest BCUT2D eigenvalue weighted by molar-refractivity contribution is 0.166. The van der Waals surface area contributed by atoms with Crippen molar-refractivity contribution in [3.63, 3.8) is 0 Å². The number of ether oxygens (including phenoxy) is 1. The van der Waals surface area contributed by atoms with Gasteiger partial charge in [0.1, 0.15) is 5.75 Å². The minimum atomic E-state index is 0.592. The molecule has 2 aliphatic rings. The van der Waals surface area contributed by atoms with Gasteiger partial charge in [0.15, 0.2) is 0 Å². The highest BCUT2D eigenvalue weighted by Crippen LogP contribution is 2.41. The van der Waals surface area contributed by atoms with Crippen molar-refractivity contribution in [3.8, 4) is 5.75 Å². The first kappa shape index (κ1) is 14.4. The van der Waals surface area contributed by atoms with Crippen molar-refractivity contribution in [2.75, 3.05) is 13.2 Å². The topological polar surface area (TPSA) is 21.3 Å². The van der Waals surface area contributed by atoms with Crippen LogP contribution < -0.4 is 10.1 Å². The summed E-state index contributed by atoms with van der Waals surface area (Å²) in [5.74, 6) is 2.84. The highest BCUT2D eigenvalue weighted by molar-refractivity contribution is 9.10. The van der Waals surface area contributed by atoms with Crippen molar-refractivity contribution >= 4 is 15.9 Å². The van der Waals surface area contributed by atoms with Gasteiger partial charge in [0.25, 0.3) is 0 Å². The zero-order valence-corrected chi connectivity index (χ0v) is 14.0. The zero-order chi connectivity index (χ0) is 14.1. The fraction of sp³-hybridized carbons (Fsp3) is 0.647. The summed E-state index contributed by atoms with van der Waals surface area (Å²) in [5, 5.41) is 3.59. The van der Waals surface area contributed by atoms with E-state index in [1.165, 1.54) is 47.2 Å². The smallest absolute Gasteiger partial charge is 0.125 e. The summed E-state index contributed by atoms with van der Waals surface area (Å²) in [6.45, 7) is 6.46. The lowest BCUT2D eigenvalue weighted by atomic mass is 9.70. The van der Waals surface area contributed by atoms with Crippen LogP contribution in [0.5, 0.6) is 5.75 Å². The Bertz CT molecular complexity index is 486. The predicted molar refractivity (Wildman–Crippen MR) is 86.4 cm³/mol. The fourth-order valence-electron chi connectivity index (χ4n) is 3.34. The zero-order valence-electron chi connectivity index (χ0n) is 12.4. The van der Waals surface area contributed by atoms with Gasteiger partial charge in [-0.05, 0) is 60.9 Å². The summed E-state index contributed by atoms with van der Waals surface area (Å²) in [4.78, 5) is 0. The maximum absolute atomic E-state index is 5.85. The Hall–Kier alpha value is -0.540. The van der Waals surface area contributed by atoms with Gasteiger partial charge in [0.05, 0.1) is 6.61 Å². The Morgan fingerprint density at radius 1 is 1.30 bits per heavy atom. The maximum atomic E-state index is 5.85. The van der Waals surface area contributed by atoms with Crippen molar-refractivity contribution in [2.24, 2.45) is 11.8 Å². The number of nitrogens with one attached hydrogen (secondary N) is 1. The summed E-state index contributed by atoms with van der Waals surface area (Å²) < 4.78 is 7.05. The summed E-state index contributed by atoms with van der Waals surface area (Å²) in [7, 11) is 0. The Labute approximate surface area is 130 Å². The molecule has 0 amide bonds. The van der Waals surface area contributed by atoms with Crippen LogP contribution in [0.1, 0.15) is 37.8 Å². The van der Waals surface area contributed by atoms with E-state index in [9.17, 15) is 0 Å². The van der Waals surface area contributed by atoms with Gasteiger partial charge in [0.2, 0.25) is 0 Å². The molecule has 2 nitrogen and oxygen atoms in total. The molecule has 2 unspecified atom stereocenters. The van der Waals surface area contributed by atoms with Gasteiger partial charge in [-0.3, -0.25) is 0 Å². The van der Waals surface area contributed by atoms with Gasteiger partial charge in [-0.2, -0.15) is 0 Å². The lowest BCUT2D eigenvalue weighted by Gasteiger charge is -2.37. The first-order valence-electron chi connectivity index (χ1n) is 7.81. The van der Waals surface area contributed by atoms with Gasteiger partial charge >= 0.3 is 0 Å². The van der Waals surface area contributed by atoms with E-state index in [1.807, 2.05) is 0 Å². The van der Waals surface area contributed by atoms with E-state index in [4.69, 9.17) is 4.74 Å². The predicted octanol–water partition coefficient (Wildman–Crippen LogP) is 3.95. The van der Waals surface area contributed by atoms with E-state index in [0.29, 0.717) is 6.04 Å². The van der Waals surface area contributed by atoms with E-state index in [1.54, 1.807) is 0 Å². The molecule has 2 atom stereocenters. The van der Waals surface area contributed by atoms with Crippen LogP contribution in [0.4, 0.5) is 0 Å². The number of hydrogen-bond acceptors (Lipinski definition) is 2. The van der Waals surface area contributed by atoms with Crippen molar-refractivity contribution in [1.29, 1.82) is 0 Å². The molecule has 0 aromatic heterocycles. The third-order valence-electron chi connectivity index (χ3n) is 4.67. The lowest BCUT2D eigenvalue weighted by Crippen LogP contribution is -2.38. The number of hydrogen-bond donors (Lipinski definition) is 1. The Balaban J connectivity index is 1.66. The molecule has 1 saturated carbocycles. The van der Waals surface area contributed by atoms with Crippen LogP contribution in [0.2, 0.25) is 0 Å². The summed E-state index contributed by atoms with van der Waals surface area (Å²) in [6, 6.07) is 5.06. The third kappa shape index (κ3) is 3.04. The molecule has 1 heterocycles.